The predicted octanol–water partition coefficient (Wildman–Crippen LogP) is 3.04. The highest BCUT2D eigenvalue weighted by Gasteiger charge is 2.14. The van der Waals surface area contributed by atoms with Gasteiger partial charge >= 0.3 is 0 Å². The van der Waals surface area contributed by atoms with Crippen LogP contribution in [0.3, 0.4) is 0 Å². The van der Waals surface area contributed by atoms with Gasteiger partial charge in [-0.15, -0.1) is 0 Å². The molecular weight excluding hydrogens is 238 g/mol. The molecular formula is C16H17NO2. The molecule has 1 unspecified atom stereocenters. The maximum absolute atomic E-state index is 11.9. The van der Waals surface area contributed by atoms with Crippen LogP contribution in [0, 0.1) is 0 Å². The molecule has 0 spiro atoms. The molecule has 0 fully saturated rings. The van der Waals surface area contributed by atoms with E-state index in [9.17, 15) is 4.79 Å². The summed E-state index contributed by atoms with van der Waals surface area (Å²) in [7, 11) is 0. The third-order valence-electron chi connectivity index (χ3n) is 2.95. The summed E-state index contributed by atoms with van der Waals surface area (Å²) in [6, 6.07) is 19.4. The molecule has 0 aliphatic carbocycles. The molecule has 3 nitrogen and oxygen atoms in total. The minimum absolute atomic E-state index is 0.137. The van der Waals surface area contributed by atoms with Crippen LogP contribution in [0.5, 0.6) is 0 Å². The first-order valence-electron chi connectivity index (χ1n) is 6.28. The number of amides is 1. The Morgan fingerprint density at radius 1 is 1.05 bits per heavy atom. The fraction of sp³-hybridized carbons (Fsp3) is 0.188. The summed E-state index contributed by atoms with van der Waals surface area (Å²) in [6.45, 7) is 2.23. The number of hydrogen-bond donors (Lipinski definition) is 1. The van der Waals surface area contributed by atoms with E-state index in [-0.39, 0.29) is 11.8 Å². The van der Waals surface area contributed by atoms with Gasteiger partial charge in [-0.25, -0.2) is 5.48 Å². The van der Waals surface area contributed by atoms with E-state index in [0.29, 0.717) is 6.61 Å². The van der Waals surface area contributed by atoms with Gasteiger partial charge in [0.15, 0.2) is 0 Å². The summed E-state index contributed by atoms with van der Waals surface area (Å²) < 4.78 is 0. The van der Waals surface area contributed by atoms with Crippen LogP contribution in [0.2, 0.25) is 0 Å². The molecule has 2 aromatic carbocycles. The monoisotopic (exact) mass is 255 g/mol. The van der Waals surface area contributed by atoms with E-state index in [0.717, 1.165) is 11.1 Å². The molecule has 0 aromatic heterocycles. The molecule has 1 atom stereocenters. The zero-order chi connectivity index (χ0) is 13.5. The van der Waals surface area contributed by atoms with E-state index in [1.54, 1.807) is 0 Å². The maximum Gasteiger partial charge on any atom is 0.250 e. The Morgan fingerprint density at radius 2 is 1.63 bits per heavy atom. The summed E-state index contributed by atoms with van der Waals surface area (Å²) in [5.74, 6) is -0.362. The fourth-order valence-electron chi connectivity index (χ4n) is 1.75. The second-order valence-electron chi connectivity index (χ2n) is 4.37. The lowest BCUT2D eigenvalue weighted by Gasteiger charge is -2.12. The second-order valence-corrected chi connectivity index (χ2v) is 4.37. The average Bonchev–Trinajstić information content (AvgIpc) is 2.48. The number of hydroxylamine groups is 1. The van der Waals surface area contributed by atoms with Gasteiger partial charge in [-0.1, -0.05) is 60.7 Å². The molecule has 98 valence electrons. The summed E-state index contributed by atoms with van der Waals surface area (Å²) in [5, 5.41) is 0. The van der Waals surface area contributed by atoms with E-state index in [1.807, 2.05) is 67.6 Å². The number of nitrogens with one attached hydrogen (secondary N) is 1. The predicted molar refractivity (Wildman–Crippen MR) is 74.2 cm³/mol. The van der Waals surface area contributed by atoms with Gasteiger partial charge in [0.2, 0.25) is 0 Å². The highest BCUT2D eigenvalue weighted by atomic mass is 16.6. The molecule has 2 aromatic rings. The summed E-state index contributed by atoms with van der Waals surface area (Å²) in [6.07, 6.45) is 0. The Bertz CT molecular complexity index is 511. The SMILES string of the molecule is CC(C(=O)NOCc1ccccc1)c1ccccc1. The van der Waals surface area contributed by atoms with Crippen LogP contribution >= 0.6 is 0 Å². The van der Waals surface area contributed by atoms with Crippen molar-refractivity contribution in [3.63, 3.8) is 0 Å². The van der Waals surface area contributed by atoms with Gasteiger partial charge in [0.05, 0.1) is 12.5 Å². The van der Waals surface area contributed by atoms with E-state index >= 15 is 0 Å². The highest BCUT2D eigenvalue weighted by molar-refractivity contribution is 5.82. The van der Waals surface area contributed by atoms with Crippen molar-refractivity contribution in [1.29, 1.82) is 0 Å². The maximum atomic E-state index is 11.9. The molecule has 0 saturated carbocycles. The van der Waals surface area contributed by atoms with Gasteiger partial charge in [0, 0.05) is 0 Å². The molecule has 2 rings (SSSR count). The van der Waals surface area contributed by atoms with Crippen molar-refractivity contribution in [2.24, 2.45) is 0 Å². The molecule has 0 heterocycles. The number of hydrogen-bond acceptors (Lipinski definition) is 2. The Balaban J connectivity index is 1.82. The quantitative estimate of drug-likeness (QED) is 0.834. The summed E-state index contributed by atoms with van der Waals surface area (Å²) in [4.78, 5) is 17.1. The minimum atomic E-state index is -0.225. The Morgan fingerprint density at radius 3 is 2.26 bits per heavy atom. The number of carbonyl (C=O) groups excluding carboxylic acids is 1. The van der Waals surface area contributed by atoms with Crippen molar-refractivity contribution in [3.05, 3.63) is 71.8 Å². The van der Waals surface area contributed by atoms with Crippen LogP contribution < -0.4 is 5.48 Å². The van der Waals surface area contributed by atoms with E-state index in [4.69, 9.17) is 4.84 Å². The molecule has 0 aliphatic rings. The third-order valence-corrected chi connectivity index (χ3v) is 2.95. The Kier molecular flexibility index (Phi) is 4.70. The number of rotatable bonds is 5. The fourth-order valence-corrected chi connectivity index (χ4v) is 1.75. The van der Waals surface area contributed by atoms with Crippen molar-refractivity contribution in [2.45, 2.75) is 19.4 Å². The van der Waals surface area contributed by atoms with Crippen molar-refractivity contribution < 1.29 is 9.63 Å². The summed E-state index contributed by atoms with van der Waals surface area (Å²) in [5.41, 5.74) is 4.49. The van der Waals surface area contributed by atoms with Gasteiger partial charge in [0.1, 0.15) is 0 Å². The Labute approximate surface area is 113 Å². The molecule has 0 bridgehead atoms. The van der Waals surface area contributed by atoms with E-state index in [2.05, 4.69) is 5.48 Å². The highest BCUT2D eigenvalue weighted by Crippen LogP contribution is 2.14. The average molecular weight is 255 g/mol. The molecule has 0 saturated heterocycles. The van der Waals surface area contributed by atoms with Crippen LogP contribution in [-0.4, -0.2) is 5.91 Å². The molecule has 19 heavy (non-hydrogen) atoms. The molecule has 1 amide bonds. The lowest BCUT2D eigenvalue weighted by Crippen LogP contribution is -2.28. The minimum Gasteiger partial charge on any atom is -0.272 e. The lowest BCUT2D eigenvalue weighted by molar-refractivity contribution is -0.135. The lowest BCUT2D eigenvalue weighted by atomic mass is 10.0. The number of carbonyl (C=O) groups is 1. The van der Waals surface area contributed by atoms with Crippen LogP contribution in [0.4, 0.5) is 0 Å². The van der Waals surface area contributed by atoms with E-state index < -0.39 is 0 Å². The number of benzene rings is 2. The van der Waals surface area contributed by atoms with Gasteiger partial charge in [-0.3, -0.25) is 9.63 Å². The molecule has 3 heteroatoms. The third kappa shape index (κ3) is 3.93. The zero-order valence-corrected chi connectivity index (χ0v) is 10.9. The van der Waals surface area contributed by atoms with Gasteiger partial charge in [0.25, 0.3) is 5.91 Å². The molecule has 0 radical (unpaired) electrons. The van der Waals surface area contributed by atoms with Crippen molar-refractivity contribution in [2.75, 3.05) is 0 Å². The first-order valence-corrected chi connectivity index (χ1v) is 6.28. The first kappa shape index (κ1) is 13.3. The summed E-state index contributed by atoms with van der Waals surface area (Å²) >= 11 is 0. The normalized spacial score (nSPS) is 11.8. The van der Waals surface area contributed by atoms with Crippen LogP contribution in [-0.2, 0) is 16.2 Å². The standard InChI is InChI=1S/C16H17NO2/c1-13(15-10-6-3-7-11-15)16(18)17-19-12-14-8-4-2-5-9-14/h2-11,13H,12H2,1H3,(H,17,18). The molecule has 1 N–H and O–H groups in total. The van der Waals surface area contributed by atoms with Gasteiger partial charge < -0.3 is 0 Å². The smallest absolute Gasteiger partial charge is 0.250 e. The zero-order valence-electron chi connectivity index (χ0n) is 10.9. The molecule has 0 aliphatic heterocycles. The van der Waals surface area contributed by atoms with Gasteiger partial charge in [-0.2, -0.15) is 0 Å². The van der Waals surface area contributed by atoms with E-state index in [1.165, 1.54) is 0 Å². The van der Waals surface area contributed by atoms with Crippen molar-refractivity contribution >= 4 is 5.91 Å². The van der Waals surface area contributed by atoms with Gasteiger partial charge in [-0.05, 0) is 18.1 Å². The Hall–Kier alpha value is -2.13. The van der Waals surface area contributed by atoms with Crippen LogP contribution in [0.25, 0.3) is 0 Å². The second kappa shape index (κ2) is 6.71. The van der Waals surface area contributed by atoms with Crippen LogP contribution in [0.15, 0.2) is 60.7 Å². The van der Waals surface area contributed by atoms with Crippen molar-refractivity contribution in [3.8, 4) is 0 Å². The van der Waals surface area contributed by atoms with Crippen molar-refractivity contribution in [1.82, 2.24) is 5.48 Å². The first-order chi connectivity index (χ1) is 9.27. The largest absolute Gasteiger partial charge is 0.272 e. The topological polar surface area (TPSA) is 38.3 Å². The van der Waals surface area contributed by atoms with Crippen LogP contribution in [0.1, 0.15) is 24.0 Å².